The number of benzene rings is 2. The van der Waals surface area contributed by atoms with Gasteiger partial charge in [-0.3, -0.25) is 4.79 Å². The number of aromatic nitrogens is 1. The second kappa shape index (κ2) is 7.46. The van der Waals surface area contributed by atoms with Gasteiger partial charge >= 0.3 is 0 Å². The van der Waals surface area contributed by atoms with Gasteiger partial charge in [0.05, 0.1) is 0 Å². The topological polar surface area (TPSA) is 30.0 Å². The predicted molar refractivity (Wildman–Crippen MR) is 111 cm³/mol. The summed E-state index contributed by atoms with van der Waals surface area (Å²) < 4.78 is 14.0. The van der Waals surface area contributed by atoms with Crippen LogP contribution in [0.15, 0.2) is 54.6 Å². The summed E-state index contributed by atoms with van der Waals surface area (Å²) in [4.78, 5) is 17.7. The van der Waals surface area contributed by atoms with Crippen LogP contribution in [-0.2, 0) is 17.6 Å². The van der Waals surface area contributed by atoms with Gasteiger partial charge in [-0.15, -0.1) is 0 Å². The molecule has 0 amide bonds. The van der Waals surface area contributed by atoms with Crippen molar-refractivity contribution in [2.24, 2.45) is 11.3 Å². The van der Waals surface area contributed by atoms with Crippen molar-refractivity contribution in [1.29, 1.82) is 0 Å². The van der Waals surface area contributed by atoms with E-state index in [-0.39, 0.29) is 17.5 Å². The van der Waals surface area contributed by atoms with Crippen molar-refractivity contribution < 1.29 is 9.18 Å². The largest absolute Gasteiger partial charge is 0.299 e. The molecule has 4 rings (SSSR count). The lowest BCUT2D eigenvalue weighted by Crippen LogP contribution is -2.23. The number of carbonyl (C=O) groups excluding carboxylic acids is 1. The molecular formula is C25H26FNO. The monoisotopic (exact) mass is 375 g/mol. The lowest BCUT2D eigenvalue weighted by atomic mass is 9.83. The van der Waals surface area contributed by atoms with E-state index in [2.05, 4.69) is 24.0 Å². The highest BCUT2D eigenvalue weighted by molar-refractivity contribution is 5.86. The van der Waals surface area contributed by atoms with Crippen LogP contribution in [0.1, 0.15) is 43.0 Å². The van der Waals surface area contributed by atoms with Crippen molar-refractivity contribution in [3.63, 3.8) is 0 Å². The fraction of sp³-hybridized carbons (Fsp3) is 0.360. The summed E-state index contributed by atoms with van der Waals surface area (Å²) in [7, 11) is 0. The summed E-state index contributed by atoms with van der Waals surface area (Å²) in [6, 6.07) is 17.2. The minimum Gasteiger partial charge on any atom is -0.299 e. The number of halogens is 1. The molecule has 2 nitrogen and oxygen atoms in total. The van der Waals surface area contributed by atoms with E-state index in [0.29, 0.717) is 17.4 Å². The van der Waals surface area contributed by atoms with Crippen LogP contribution >= 0.6 is 0 Å². The Morgan fingerprint density at radius 2 is 1.89 bits per heavy atom. The molecule has 1 saturated carbocycles. The van der Waals surface area contributed by atoms with Crippen molar-refractivity contribution in [2.75, 3.05) is 0 Å². The van der Waals surface area contributed by atoms with Gasteiger partial charge in [0.15, 0.2) is 0 Å². The second-order valence-electron chi connectivity index (χ2n) is 8.59. The fourth-order valence-corrected chi connectivity index (χ4v) is 4.02. The number of pyridine rings is 1. The normalized spacial score (nSPS) is 16.1. The van der Waals surface area contributed by atoms with Crippen LogP contribution < -0.4 is 0 Å². The second-order valence-corrected chi connectivity index (χ2v) is 8.59. The average molecular weight is 375 g/mol. The Labute approximate surface area is 165 Å². The number of nitrogens with zero attached hydrogens (tertiary/aromatic N) is 1. The van der Waals surface area contributed by atoms with E-state index in [1.54, 1.807) is 6.07 Å². The Kier molecular flexibility index (Phi) is 5.01. The van der Waals surface area contributed by atoms with Crippen molar-refractivity contribution in [3.05, 3.63) is 77.2 Å². The van der Waals surface area contributed by atoms with Gasteiger partial charge in [0.25, 0.3) is 0 Å². The van der Waals surface area contributed by atoms with Gasteiger partial charge in [0.2, 0.25) is 0 Å². The number of carbonyl (C=O) groups is 1. The molecule has 2 aromatic carbocycles. The first-order valence-corrected chi connectivity index (χ1v) is 10.0. The molecule has 0 aliphatic heterocycles. The van der Waals surface area contributed by atoms with Gasteiger partial charge < -0.3 is 0 Å². The quantitative estimate of drug-likeness (QED) is 0.519. The number of hydrogen-bond donors (Lipinski definition) is 0. The van der Waals surface area contributed by atoms with Gasteiger partial charge in [-0.1, -0.05) is 49.4 Å². The summed E-state index contributed by atoms with van der Waals surface area (Å²) in [5, 5.41) is 0.752. The zero-order valence-corrected chi connectivity index (χ0v) is 16.5. The van der Waals surface area contributed by atoms with Gasteiger partial charge in [-0.2, -0.15) is 0 Å². The molecular weight excluding hydrogens is 349 g/mol. The Bertz CT molecular complexity index is 1010. The average Bonchev–Trinajstić information content (AvgIpc) is 3.40. The number of ketones is 1. The molecule has 0 bridgehead atoms. The Hall–Kier alpha value is -2.55. The third-order valence-electron chi connectivity index (χ3n) is 6.08. The summed E-state index contributed by atoms with van der Waals surface area (Å²) in [5.74, 6) is -0.0442. The molecule has 0 saturated heterocycles. The van der Waals surface area contributed by atoms with Crippen LogP contribution in [0.3, 0.4) is 0 Å². The van der Waals surface area contributed by atoms with Crippen LogP contribution in [0.2, 0.25) is 0 Å². The summed E-state index contributed by atoms with van der Waals surface area (Å²) >= 11 is 0. The van der Waals surface area contributed by atoms with Crippen molar-refractivity contribution >= 4 is 16.7 Å². The zero-order chi connectivity index (χ0) is 19.7. The zero-order valence-electron chi connectivity index (χ0n) is 16.5. The summed E-state index contributed by atoms with van der Waals surface area (Å²) in [6.07, 6.45) is 4.50. The molecule has 3 aromatic rings. The molecule has 1 heterocycles. The molecule has 0 N–H and O–H groups in total. The summed E-state index contributed by atoms with van der Waals surface area (Å²) in [6.45, 7) is 4.15. The van der Waals surface area contributed by atoms with E-state index in [1.807, 2.05) is 37.3 Å². The Balaban J connectivity index is 1.58. The van der Waals surface area contributed by atoms with Crippen molar-refractivity contribution in [3.8, 4) is 0 Å². The molecule has 1 fully saturated rings. The van der Waals surface area contributed by atoms with E-state index in [0.717, 1.165) is 29.5 Å². The van der Waals surface area contributed by atoms with Crippen molar-refractivity contribution in [1.82, 2.24) is 4.98 Å². The number of aryl methyl sites for hydroxylation is 1. The van der Waals surface area contributed by atoms with Crippen LogP contribution in [0.25, 0.3) is 10.9 Å². The van der Waals surface area contributed by atoms with Gasteiger partial charge in [0, 0.05) is 23.4 Å². The smallest absolute Gasteiger partial charge is 0.149 e. The SMILES string of the molecule is Cc1nc2c(F)cccc2cc1CC(=O)C(Cc1ccccc1)CC1(C)CC1. The first kappa shape index (κ1) is 18.8. The molecule has 1 aliphatic rings. The Morgan fingerprint density at radius 3 is 2.61 bits per heavy atom. The number of hydrogen-bond acceptors (Lipinski definition) is 2. The first-order valence-electron chi connectivity index (χ1n) is 10.0. The lowest BCUT2D eigenvalue weighted by molar-refractivity contribution is -0.122. The molecule has 1 aliphatic carbocycles. The highest BCUT2D eigenvalue weighted by Gasteiger charge is 2.40. The minimum absolute atomic E-state index is 0.0116. The maximum Gasteiger partial charge on any atom is 0.149 e. The maximum absolute atomic E-state index is 14.0. The number of para-hydroxylation sites is 1. The molecule has 1 atom stereocenters. The van der Waals surface area contributed by atoms with Crippen molar-refractivity contribution in [2.45, 2.75) is 46.0 Å². The number of fused-ring (bicyclic) bond motifs is 1. The molecule has 0 spiro atoms. The van der Waals surface area contributed by atoms with Crippen LogP contribution in [0, 0.1) is 24.1 Å². The van der Waals surface area contributed by atoms with Crippen LogP contribution in [-0.4, -0.2) is 10.8 Å². The molecule has 1 unspecified atom stereocenters. The highest BCUT2D eigenvalue weighted by Crippen LogP contribution is 2.50. The van der Waals surface area contributed by atoms with E-state index in [1.165, 1.54) is 24.5 Å². The van der Waals surface area contributed by atoms with Crippen LogP contribution in [0.5, 0.6) is 0 Å². The minimum atomic E-state index is -0.318. The van der Waals surface area contributed by atoms with E-state index >= 15 is 0 Å². The molecule has 28 heavy (non-hydrogen) atoms. The third-order valence-corrected chi connectivity index (χ3v) is 6.08. The van der Waals surface area contributed by atoms with Gasteiger partial charge in [-0.25, -0.2) is 9.37 Å². The highest BCUT2D eigenvalue weighted by atomic mass is 19.1. The first-order chi connectivity index (χ1) is 13.4. The van der Waals surface area contributed by atoms with Gasteiger partial charge in [-0.05, 0) is 61.3 Å². The molecule has 1 aromatic heterocycles. The predicted octanol–water partition coefficient (Wildman–Crippen LogP) is 5.84. The third kappa shape index (κ3) is 4.14. The lowest BCUT2D eigenvalue weighted by Gasteiger charge is -2.20. The van der Waals surface area contributed by atoms with E-state index in [9.17, 15) is 9.18 Å². The molecule has 144 valence electrons. The maximum atomic E-state index is 14.0. The molecule has 3 heteroatoms. The van der Waals surface area contributed by atoms with E-state index < -0.39 is 0 Å². The standard InChI is InChI=1S/C25H26FNO/c1-17-20(14-19-9-6-10-22(26)24(19)27-17)15-23(28)21(16-25(2)11-12-25)13-18-7-4-3-5-8-18/h3-10,14,21H,11-13,15-16H2,1-2H3. The Morgan fingerprint density at radius 1 is 1.14 bits per heavy atom. The summed E-state index contributed by atoms with van der Waals surface area (Å²) in [5.41, 5.74) is 3.54. The van der Waals surface area contributed by atoms with E-state index in [4.69, 9.17) is 0 Å². The van der Waals surface area contributed by atoms with Gasteiger partial charge in [0.1, 0.15) is 17.1 Å². The number of Topliss-reactive ketones (excluding diaryl/α,β-unsaturated/α-hetero) is 1. The van der Waals surface area contributed by atoms with Crippen LogP contribution in [0.4, 0.5) is 4.39 Å². The number of rotatable bonds is 7. The molecule has 0 radical (unpaired) electrons. The fourth-order valence-electron chi connectivity index (χ4n) is 4.02.